The molecule has 0 bridgehead atoms. The van der Waals surface area contributed by atoms with Gasteiger partial charge in [0, 0.05) is 31.1 Å². The highest BCUT2D eigenvalue weighted by molar-refractivity contribution is 6.33. The summed E-state index contributed by atoms with van der Waals surface area (Å²) in [6.07, 6.45) is 6.55. The zero-order valence-electron chi connectivity index (χ0n) is 18.5. The smallest absolute Gasteiger partial charge is 0.320 e. The molecule has 1 saturated carbocycles. The Labute approximate surface area is 193 Å². The van der Waals surface area contributed by atoms with Gasteiger partial charge < -0.3 is 20.5 Å². The van der Waals surface area contributed by atoms with Crippen molar-refractivity contribution in [2.75, 3.05) is 39.1 Å². The molecule has 0 radical (unpaired) electrons. The van der Waals surface area contributed by atoms with Crippen LogP contribution >= 0.6 is 11.6 Å². The highest BCUT2D eigenvalue weighted by Crippen LogP contribution is 2.29. The number of ether oxygens (including phenoxy) is 2. The number of benzene rings is 1. The van der Waals surface area contributed by atoms with Crippen molar-refractivity contribution in [1.82, 2.24) is 10.2 Å². The van der Waals surface area contributed by atoms with Gasteiger partial charge in [-0.15, -0.1) is 0 Å². The van der Waals surface area contributed by atoms with Crippen LogP contribution in [0.25, 0.3) is 0 Å². The number of hydrogen-bond donors (Lipinski definition) is 2. The van der Waals surface area contributed by atoms with E-state index < -0.39 is 0 Å². The molecule has 32 heavy (non-hydrogen) atoms. The zero-order valence-corrected chi connectivity index (χ0v) is 19.3. The van der Waals surface area contributed by atoms with Crippen LogP contribution in [0.2, 0.25) is 5.02 Å². The van der Waals surface area contributed by atoms with Crippen molar-refractivity contribution in [2.24, 2.45) is 5.92 Å². The van der Waals surface area contributed by atoms with Gasteiger partial charge in [0.05, 0.1) is 29.9 Å². The van der Waals surface area contributed by atoms with E-state index in [1.165, 1.54) is 25.7 Å². The quantitative estimate of drug-likeness (QED) is 0.448. The maximum absolute atomic E-state index is 12.7. The molecule has 0 spiro atoms. The number of piperidine rings is 1. The van der Waals surface area contributed by atoms with Crippen LogP contribution in [0.4, 0.5) is 5.69 Å². The molecule has 1 aliphatic heterocycles. The number of esters is 1. The second-order valence-corrected chi connectivity index (χ2v) is 8.97. The van der Waals surface area contributed by atoms with Crippen molar-refractivity contribution in [3.05, 3.63) is 22.7 Å². The second kappa shape index (κ2) is 11.5. The molecule has 9 heteroatoms. The third-order valence-corrected chi connectivity index (χ3v) is 6.60. The summed E-state index contributed by atoms with van der Waals surface area (Å²) >= 11 is 6.05. The van der Waals surface area contributed by atoms with E-state index in [-0.39, 0.29) is 42.8 Å². The van der Waals surface area contributed by atoms with Gasteiger partial charge in [0.25, 0.3) is 5.91 Å². The fraction of sp³-hybridized carbons (Fsp3) is 0.609. The molecule has 0 atom stereocenters. The zero-order chi connectivity index (χ0) is 23.1. The van der Waals surface area contributed by atoms with Gasteiger partial charge in [-0.3, -0.25) is 19.3 Å². The Morgan fingerprint density at radius 2 is 1.81 bits per heavy atom. The number of likely N-dealkylation sites (tertiary alicyclic amines) is 1. The summed E-state index contributed by atoms with van der Waals surface area (Å²) in [5.41, 5.74) is 6.46. The van der Waals surface area contributed by atoms with Crippen molar-refractivity contribution in [2.45, 2.75) is 51.0 Å². The minimum atomic E-state index is -0.377. The number of methoxy groups -OCH3 is 1. The Morgan fingerprint density at radius 1 is 1.12 bits per heavy atom. The summed E-state index contributed by atoms with van der Waals surface area (Å²) in [6, 6.07) is 3.01. The van der Waals surface area contributed by atoms with Crippen LogP contribution in [0.3, 0.4) is 0 Å². The number of rotatable bonds is 8. The molecule has 0 unspecified atom stereocenters. The SMILES string of the molecule is COc1cc(N)c(Cl)cc1C(=O)NC1CCN(CC(=O)OCC(=O)C2CCCCC2)CC1. The number of carbonyl (C=O) groups is 3. The van der Waals surface area contributed by atoms with Crippen LogP contribution in [-0.4, -0.2) is 62.0 Å². The van der Waals surface area contributed by atoms with Gasteiger partial charge in [0.15, 0.2) is 5.78 Å². The molecular weight excluding hydrogens is 434 g/mol. The molecule has 3 N–H and O–H groups in total. The first-order valence-corrected chi connectivity index (χ1v) is 11.6. The van der Waals surface area contributed by atoms with Crippen molar-refractivity contribution in [1.29, 1.82) is 0 Å². The predicted octanol–water partition coefficient (Wildman–Crippen LogP) is 2.82. The summed E-state index contributed by atoms with van der Waals surface area (Å²) in [5, 5.41) is 3.30. The Balaban J connectivity index is 1.40. The summed E-state index contributed by atoms with van der Waals surface area (Å²) in [7, 11) is 1.47. The lowest BCUT2D eigenvalue weighted by molar-refractivity contribution is -0.150. The van der Waals surface area contributed by atoms with Crippen LogP contribution < -0.4 is 15.8 Å². The molecule has 176 valence electrons. The molecule has 1 aromatic rings. The minimum absolute atomic E-state index is 0.0244. The third-order valence-electron chi connectivity index (χ3n) is 6.27. The maximum atomic E-state index is 12.7. The fourth-order valence-corrected chi connectivity index (χ4v) is 4.50. The fourth-order valence-electron chi connectivity index (χ4n) is 4.34. The highest BCUT2D eigenvalue weighted by atomic mass is 35.5. The molecule has 1 aliphatic carbocycles. The normalized spacial score (nSPS) is 18.2. The second-order valence-electron chi connectivity index (χ2n) is 8.56. The Kier molecular flexibility index (Phi) is 8.75. The van der Waals surface area contributed by atoms with Crippen molar-refractivity contribution >= 4 is 34.9 Å². The number of carbonyl (C=O) groups excluding carboxylic acids is 3. The Bertz CT molecular complexity index is 833. The molecular formula is C23H32ClN3O5. The number of ketones is 1. The van der Waals surface area contributed by atoms with Gasteiger partial charge in [-0.1, -0.05) is 30.9 Å². The van der Waals surface area contributed by atoms with E-state index in [1.54, 1.807) is 0 Å². The number of amides is 1. The van der Waals surface area contributed by atoms with Gasteiger partial charge in [-0.05, 0) is 31.7 Å². The largest absolute Gasteiger partial charge is 0.496 e. The average Bonchev–Trinajstić information content (AvgIpc) is 2.80. The van der Waals surface area contributed by atoms with Gasteiger partial charge in [0.1, 0.15) is 12.4 Å². The average molecular weight is 466 g/mol. The number of nitrogens with one attached hydrogen (secondary N) is 1. The van der Waals surface area contributed by atoms with Crippen LogP contribution in [0.15, 0.2) is 12.1 Å². The summed E-state index contributed by atoms with van der Waals surface area (Å²) in [4.78, 5) is 39.0. The monoisotopic (exact) mass is 465 g/mol. The van der Waals surface area contributed by atoms with E-state index in [1.807, 2.05) is 4.90 Å². The number of nitrogens with zero attached hydrogens (tertiary/aromatic N) is 1. The maximum Gasteiger partial charge on any atom is 0.320 e. The third kappa shape index (κ3) is 6.59. The van der Waals surface area contributed by atoms with E-state index in [2.05, 4.69) is 5.32 Å². The molecule has 2 aliphatic rings. The Morgan fingerprint density at radius 3 is 2.47 bits per heavy atom. The van der Waals surface area contributed by atoms with Crippen molar-refractivity contribution in [3.8, 4) is 5.75 Å². The molecule has 0 aromatic heterocycles. The topological polar surface area (TPSA) is 111 Å². The standard InChI is InChI=1S/C23H32ClN3O5/c1-31-21-12-19(25)18(24)11-17(21)23(30)26-16-7-9-27(10-8-16)13-22(29)32-14-20(28)15-5-3-2-4-6-15/h11-12,15-16H,2-10,13-14,25H2,1H3,(H,26,30). The Hall–Kier alpha value is -2.32. The van der Waals surface area contributed by atoms with E-state index in [9.17, 15) is 14.4 Å². The molecule has 2 fully saturated rings. The highest BCUT2D eigenvalue weighted by Gasteiger charge is 2.26. The first kappa shape index (κ1) is 24.3. The van der Waals surface area contributed by atoms with Gasteiger partial charge >= 0.3 is 5.97 Å². The van der Waals surface area contributed by atoms with E-state index in [0.717, 1.165) is 25.7 Å². The summed E-state index contributed by atoms with van der Waals surface area (Å²) in [6.45, 7) is 1.33. The predicted molar refractivity (Wildman–Crippen MR) is 122 cm³/mol. The molecule has 1 aromatic carbocycles. The number of Topliss-reactive ketones (excluding diaryl/α,β-unsaturated/α-hetero) is 1. The molecule has 3 rings (SSSR count). The van der Waals surface area contributed by atoms with Crippen LogP contribution in [0.5, 0.6) is 5.75 Å². The summed E-state index contributed by atoms with van der Waals surface area (Å²) in [5.74, 6) is -0.198. The molecule has 1 amide bonds. The van der Waals surface area contributed by atoms with Gasteiger partial charge in [-0.2, -0.15) is 0 Å². The number of nitrogen functional groups attached to an aromatic ring is 1. The first-order valence-electron chi connectivity index (χ1n) is 11.2. The molecule has 1 heterocycles. The van der Waals surface area contributed by atoms with Crippen molar-refractivity contribution in [3.63, 3.8) is 0 Å². The lowest BCUT2D eigenvalue weighted by Crippen LogP contribution is -2.46. The minimum Gasteiger partial charge on any atom is -0.496 e. The number of nitrogens with two attached hydrogens (primary N) is 1. The number of halogens is 1. The van der Waals surface area contributed by atoms with Gasteiger partial charge in [-0.25, -0.2) is 0 Å². The van der Waals surface area contributed by atoms with Crippen LogP contribution in [0.1, 0.15) is 55.3 Å². The van der Waals surface area contributed by atoms with Crippen LogP contribution in [-0.2, 0) is 14.3 Å². The van der Waals surface area contributed by atoms with Crippen LogP contribution in [0, 0.1) is 5.92 Å². The summed E-state index contributed by atoms with van der Waals surface area (Å²) < 4.78 is 10.5. The van der Waals surface area contributed by atoms with E-state index >= 15 is 0 Å². The van der Waals surface area contributed by atoms with E-state index in [4.69, 9.17) is 26.8 Å². The lowest BCUT2D eigenvalue weighted by atomic mass is 9.86. The van der Waals surface area contributed by atoms with Gasteiger partial charge in [0.2, 0.25) is 0 Å². The lowest BCUT2D eigenvalue weighted by Gasteiger charge is -2.31. The number of anilines is 1. The van der Waals surface area contributed by atoms with Crippen molar-refractivity contribution < 1.29 is 23.9 Å². The number of hydrogen-bond acceptors (Lipinski definition) is 7. The molecule has 1 saturated heterocycles. The molecule has 8 nitrogen and oxygen atoms in total. The first-order chi connectivity index (χ1) is 15.4. The van der Waals surface area contributed by atoms with E-state index in [0.29, 0.717) is 48.0 Å².